The van der Waals surface area contributed by atoms with Crippen LogP contribution in [0.3, 0.4) is 0 Å². The summed E-state index contributed by atoms with van der Waals surface area (Å²) in [6.07, 6.45) is 0. The van der Waals surface area contributed by atoms with Gasteiger partial charge in [0.2, 0.25) is 0 Å². The number of benzene rings is 2. The van der Waals surface area contributed by atoms with Crippen molar-refractivity contribution >= 4 is 44.1 Å². The second-order valence-corrected chi connectivity index (χ2v) is 5.28. The Hall–Kier alpha value is -1.35. The van der Waals surface area contributed by atoms with Gasteiger partial charge < -0.3 is 0 Å². The third-order valence-electron chi connectivity index (χ3n) is 2.85. The van der Waals surface area contributed by atoms with Crippen LogP contribution >= 0.6 is 22.6 Å². The lowest BCUT2D eigenvalue weighted by Gasteiger charge is -1.96. The van der Waals surface area contributed by atoms with Gasteiger partial charge in [-0.2, -0.15) is 0 Å². The summed E-state index contributed by atoms with van der Waals surface area (Å²) in [5, 5.41) is 5.02. The van der Waals surface area contributed by atoms with Crippen LogP contribution < -0.4 is 0 Å². The van der Waals surface area contributed by atoms with E-state index >= 15 is 0 Å². The van der Waals surface area contributed by atoms with E-state index in [1.807, 2.05) is 0 Å². The van der Waals surface area contributed by atoms with Gasteiger partial charge in [0.15, 0.2) is 0 Å². The Morgan fingerprint density at radius 3 is 1.94 bits per heavy atom. The maximum Gasteiger partial charge on any atom is 0.0203 e. The van der Waals surface area contributed by atoms with Gasteiger partial charge in [-0.25, -0.2) is 0 Å². The fourth-order valence-corrected chi connectivity index (χ4v) is 2.45. The molecule has 0 amide bonds. The second kappa shape index (κ2) is 4.49. The summed E-state index contributed by atoms with van der Waals surface area (Å²) >= 11 is 2.38. The molecule has 0 saturated heterocycles. The van der Waals surface area contributed by atoms with Crippen LogP contribution in [0.4, 0.5) is 0 Å². The number of halogens is 1. The van der Waals surface area contributed by atoms with Crippen molar-refractivity contribution < 1.29 is 0 Å². The fourth-order valence-electron chi connectivity index (χ4n) is 1.94. The molecule has 0 spiro atoms. The fraction of sp³-hybridized carbons (Fsp3) is 0. The van der Waals surface area contributed by atoms with Gasteiger partial charge in [0, 0.05) is 3.57 Å². The summed E-state index contributed by atoms with van der Waals surface area (Å²) in [6, 6.07) is 23.8. The van der Waals surface area contributed by atoms with Crippen LogP contribution in [0.5, 0.6) is 0 Å². The van der Waals surface area contributed by atoms with E-state index in [1.165, 1.54) is 25.1 Å². The van der Waals surface area contributed by atoms with Crippen LogP contribution in [0.25, 0.3) is 21.5 Å². The monoisotopic (exact) mass is 330 g/mol. The Kier molecular flexibility index (Phi) is 2.85. The highest BCUT2D eigenvalue weighted by atomic mass is 127. The number of fused-ring (bicyclic) bond motifs is 4. The molecule has 0 N–H and O–H groups in total. The van der Waals surface area contributed by atoms with Crippen molar-refractivity contribution in [2.24, 2.45) is 0 Å². The number of hydrogen-bond donors (Lipinski definition) is 0. The molecule has 0 atom stereocenters. The topological polar surface area (TPSA) is 0 Å². The van der Waals surface area contributed by atoms with Crippen molar-refractivity contribution in [2.75, 3.05) is 0 Å². The molecule has 0 heterocycles. The highest BCUT2D eigenvalue weighted by molar-refractivity contribution is 14.1. The average Bonchev–Trinajstić information content (AvgIpc) is 2.36. The predicted octanol–water partition coefficient (Wildman–Crippen LogP) is 5.16. The van der Waals surface area contributed by atoms with E-state index in [9.17, 15) is 0 Å². The molecule has 82 valence electrons. The van der Waals surface area contributed by atoms with Gasteiger partial charge >= 0.3 is 0 Å². The minimum absolute atomic E-state index is 1.24. The maximum atomic E-state index is 2.38. The van der Waals surface area contributed by atoms with Gasteiger partial charge in [-0.1, -0.05) is 48.5 Å². The lowest BCUT2D eigenvalue weighted by atomic mass is 10.1. The lowest BCUT2D eigenvalue weighted by molar-refractivity contribution is 1.73. The molecule has 3 rings (SSSR count). The zero-order valence-electron chi connectivity index (χ0n) is 9.23. The van der Waals surface area contributed by atoms with E-state index in [0.29, 0.717) is 0 Å². The normalized spacial score (nSPS) is 10.6. The average molecular weight is 330 g/mol. The minimum Gasteiger partial charge on any atom is -0.0611 e. The maximum absolute atomic E-state index is 2.38. The molecule has 0 fully saturated rings. The molecule has 0 nitrogen and oxygen atoms in total. The molecule has 17 heavy (non-hydrogen) atoms. The third kappa shape index (κ3) is 2.34. The SMILES string of the molecule is Ic1ccc2ccc3cccc(ccc1c2)c3. The molecule has 0 aromatic heterocycles. The largest absolute Gasteiger partial charge is 0.0611 e. The lowest BCUT2D eigenvalue weighted by Crippen LogP contribution is -1.73. The zero-order valence-corrected chi connectivity index (χ0v) is 11.4. The summed E-state index contributed by atoms with van der Waals surface area (Å²) in [5.41, 5.74) is 0. The summed E-state index contributed by atoms with van der Waals surface area (Å²) in [6.45, 7) is 0. The Morgan fingerprint density at radius 2 is 1.18 bits per heavy atom. The smallest absolute Gasteiger partial charge is 0.0203 e. The molecule has 0 aliphatic rings. The Balaban J connectivity index is 2.46. The standard InChI is InChI=1S/C16H11I/c17-16-9-7-14-5-4-12-2-1-3-13(10-12)6-8-15(16)11-14/h1-11H. The quantitative estimate of drug-likeness (QED) is 0.500. The van der Waals surface area contributed by atoms with Crippen LogP contribution in [0.2, 0.25) is 0 Å². The van der Waals surface area contributed by atoms with Gasteiger partial charge in [-0.05, 0) is 62.3 Å². The van der Waals surface area contributed by atoms with Gasteiger partial charge in [-0.15, -0.1) is 0 Å². The first-order valence-corrected chi connectivity index (χ1v) is 6.65. The van der Waals surface area contributed by atoms with E-state index in [-0.39, 0.29) is 0 Å². The number of hydrogen-bond acceptors (Lipinski definition) is 0. The van der Waals surface area contributed by atoms with E-state index in [1.54, 1.807) is 0 Å². The molecule has 3 aromatic rings. The van der Waals surface area contributed by atoms with Crippen LogP contribution in [-0.4, -0.2) is 0 Å². The summed E-state index contributed by atoms with van der Waals surface area (Å²) in [5.74, 6) is 0. The van der Waals surface area contributed by atoms with Crippen molar-refractivity contribution in [1.29, 1.82) is 0 Å². The van der Waals surface area contributed by atoms with Crippen molar-refractivity contribution in [2.45, 2.75) is 0 Å². The molecule has 1 heteroatoms. The van der Waals surface area contributed by atoms with Crippen LogP contribution in [0, 0.1) is 3.57 Å². The molecule has 0 aliphatic carbocycles. The highest BCUT2D eigenvalue weighted by Crippen LogP contribution is 2.17. The van der Waals surface area contributed by atoms with Crippen molar-refractivity contribution in [3.05, 3.63) is 70.3 Å². The minimum atomic E-state index is 1.24. The Labute approximate surface area is 114 Å². The van der Waals surface area contributed by atoms with Crippen LogP contribution in [0.15, 0.2) is 66.7 Å². The third-order valence-corrected chi connectivity index (χ3v) is 3.84. The van der Waals surface area contributed by atoms with Gasteiger partial charge in [0.05, 0.1) is 0 Å². The van der Waals surface area contributed by atoms with E-state index in [0.717, 1.165) is 0 Å². The van der Waals surface area contributed by atoms with E-state index in [4.69, 9.17) is 0 Å². The van der Waals surface area contributed by atoms with Crippen molar-refractivity contribution in [1.82, 2.24) is 0 Å². The van der Waals surface area contributed by atoms with Crippen molar-refractivity contribution in [3.63, 3.8) is 0 Å². The van der Waals surface area contributed by atoms with Gasteiger partial charge in [0.1, 0.15) is 0 Å². The van der Waals surface area contributed by atoms with Crippen LogP contribution in [0.1, 0.15) is 0 Å². The van der Waals surface area contributed by atoms with E-state index in [2.05, 4.69) is 89.3 Å². The second-order valence-electron chi connectivity index (χ2n) is 4.12. The van der Waals surface area contributed by atoms with Crippen molar-refractivity contribution in [3.8, 4) is 0 Å². The molecule has 0 unspecified atom stereocenters. The van der Waals surface area contributed by atoms with Gasteiger partial charge in [-0.3, -0.25) is 0 Å². The predicted molar refractivity (Wildman–Crippen MR) is 83.0 cm³/mol. The Bertz CT molecular complexity index is 714. The molecular formula is C16H11I. The first-order chi connectivity index (χ1) is 8.31. The summed E-state index contributed by atoms with van der Waals surface area (Å²) < 4.78 is 1.28. The molecule has 0 saturated carbocycles. The summed E-state index contributed by atoms with van der Waals surface area (Å²) in [4.78, 5) is 0. The summed E-state index contributed by atoms with van der Waals surface area (Å²) in [7, 11) is 0. The highest BCUT2D eigenvalue weighted by Gasteiger charge is 1.92. The van der Waals surface area contributed by atoms with Gasteiger partial charge in [0.25, 0.3) is 0 Å². The molecule has 4 bridgehead atoms. The van der Waals surface area contributed by atoms with Crippen LogP contribution in [-0.2, 0) is 0 Å². The molecular weight excluding hydrogens is 319 g/mol. The first kappa shape index (κ1) is 10.8. The Morgan fingerprint density at radius 1 is 0.588 bits per heavy atom. The molecule has 0 radical (unpaired) electrons. The first-order valence-electron chi connectivity index (χ1n) is 5.57. The van der Waals surface area contributed by atoms with E-state index < -0.39 is 0 Å². The molecule has 0 aliphatic heterocycles. The molecule has 3 aromatic carbocycles. The zero-order chi connectivity index (χ0) is 11.7. The number of rotatable bonds is 0.